The van der Waals surface area contributed by atoms with E-state index in [9.17, 15) is 0 Å². The van der Waals surface area contributed by atoms with Crippen molar-refractivity contribution in [1.82, 2.24) is 5.32 Å². The minimum atomic E-state index is 0.740. The maximum absolute atomic E-state index is 6.24. The molecule has 1 nitrogen and oxygen atoms in total. The van der Waals surface area contributed by atoms with Gasteiger partial charge in [-0.2, -0.15) is 0 Å². The molecule has 0 saturated carbocycles. The van der Waals surface area contributed by atoms with E-state index in [1.807, 2.05) is 30.9 Å². The van der Waals surface area contributed by atoms with Crippen LogP contribution in [0.2, 0.25) is 5.02 Å². The van der Waals surface area contributed by atoms with Crippen LogP contribution in [0, 0.1) is 5.92 Å². The summed E-state index contributed by atoms with van der Waals surface area (Å²) in [7, 11) is 1.96. The quantitative estimate of drug-likeness (QED) is 0.767. The van der Waals surface area contributed by atoms with Crippen LogP contribution in [-0.2, 0) is 6.54 Å². The first-order valence-electron chi connectivity index (χ1n) is 5.73. The summed E-state index contributed by atoms with van der Waals surface area (Å²) in [5.41, 5.74) is 1.29. The standard InChI is InChI=1S/C13H20ClNS/c1-4-10(2)9-16-13-11(8-15-3)6-5-7-12(13)14/h5-7,10,15H,4,8-9H2,1-3H3. The van der Waals surface area contributed by atoms with E-state index in [2.05, 4.69) is 25.2 Å². The minimum absolute atomic E-state index is 0.740. The van der Waals surface area contributed by atoms with Crippen LogP contribution in [0.1, 0.15) is 25.8 Å². The van der Waals surface area contributed by atoms with Gasteiger partial charge in [-0.1, -0.05) is 44.0 Å². The van der Waals surface area contributed by atoms with Crippen LogP contribution in [0.5, 0.6) is 0 Å². The van der Waals surface area contributed by atoms with E-state index in [4.69, 9.17) is 11.6 Å². The summed E-state index contributed by atoms with van der Waals surface area (Å²) >= 11 is 8.12. The summed E-state index contributed by atoms with van der Waals surface area (Å²) in [5.74, 6) is 1.88. The average molecular weight is 258 g/mol. The van der Waals surface area contributed by atoms with Gasteiger partial charge in [0.25, 0.3) is 0 Å². The number of benzene rings is 1. The Hall–Kier alpha value is -0.180. The Labute approximate surface area is 108 Å². The molecule has 0 amide bonds. The van der Waals surface area contributed by atoms with E-state index in [0.717, 1.165) is 23.2 Å². The summed E-state index contributed by atoms with van der Waals surface area (Å²) in [5, 5.41) is 4.06. The molecule has 1 unspecified atom stereocenters. The third kappa shape index (κ3) is 4.00. The molecule has 0 spiro atoms. The van der Waals surface area contributed by atoms with Crippen molar-refractivity contribution in [2.75, 3.05) is 12.8 Å². The molecule has 0 aliphatic carbocycles. The van der Waals surface area contributed by atoms with Gasteiger partial charge in [0.2, 0.25) is 0 Å². The molecule has 3 heteroatoms. The van der Waals surface area contributed by atoms with E-state index in [1.54, 1.807) is 0 Å². The molecule has 1 aromatic rings. The molecule has 0 heterocycles. The fourth-order valence-electron chi connectivity index (χ4n) is 1.39. The number of rotatable bonds is 6. The van der Waals surface area contributed by atoms with Gasteiger partial charge in [-0.15, -0.1) is 11.8 Å². The Morgan fingerprint density at radius 2 is 2.19 bits per heavy atom. The highest BCUT2D eigenvalue weighted by Gasteiger charge is 2.08. The first-order valence-corrected chi connectivity index (χ1v) is 7.10. The molecule has 1 aromatic carbocycles. The predicted octanol–water partition coefficient (Wildman–Crippen LogP) is 4.20. The van der Waals surface area contributed by atoms with Crippen LogP contribution < -0.4 is 5.32 Å². The largest absolute Gasteiger partial charge is 0.316 e. The van der Waals surface area contributed by atoms with Gasteiger partial charge >= 0.3 is 0 Å². The van der Waals surface area contributed by atoms with Crippen molar-refractivity contribution in [3.8, 4) is 0 Å². The zero-order valence-electron chi connectivity index (χ0n) is 10.2. The summed E-state index contributed by atoms with van der Waals surface area (Å²) < 4.78 is 0. The van der Waals surface area contributed by atoms with E-state index in [0.29, 0.717) is 0 Å². The molecule has 0 bridgehead atoms. The second-order valence-electron chi connectivity index (χ2n) is 4.08. The van der Waals surface area contributed by atoms with E-state index in [1.165, 1.54) is 16.9 Å². The van der Waals surface area contributed by atoms with E-state index in [-0.39, 0.29) is 0 Å². The fraction of sp³-hybridized carbons (Fsp3) is 0.538. The highest BCUT2D eigenvalue weighted by molar-refractivity contribution is 7.99. The molecule has 0 aliphatic heterocycles. The second kappa shape index (κ2) is 7.21. The van der Waals surface area contributed by atoms with E-state index < -0.39 is 0 Å². The van der Waals surface area contributed by atoms with Gasteiger partial charge in [-0.25, -0.2) is 0 Å². The topological polar surface area (TPSA) is 12.0 Å². The number of thioether (sulfide) groups is 1. The highest BCUT2D eigenvalue weighted by atomic mass is 35.5. The first kappa shape index (κ1) is 13.9. The van der Waals surface area contributed by atoms with E-state index >= 15 is 0 Å². The Kier molecular flexibility index (Phi) is 6.25. The van der Waals surface area contributed by atoms with Gasteiger partial charge in [-0.05, 0) is 24.6 Å². The molecule has 90 valence electrons. The molecular weight excluding hydrogens is 238 g/mol. The summed E-state index contributed by atoms with van der Waals surface area (Å²) in [6.45, 7) is 5.39. The Bertz CT molecular complexity index is 328. The third-order valence-electron chi connectivity index (χ3n) is 2.62. The van der Waals surface area contributed by atoms with Crippen molar-refractivity contribution in [3.63, 3.8) is 0 Å². The smallest absolute Gasteiger partial charge is 0.0545 e. The maximum Gasteiger partial charge on any atom is 0.0545 e. The molecule has 0 aliphatic rings. The molecule has 1 atom stereocenters. The predicted molar refractivity (Wildman–Crippen MR) is 74.4 cm³/mol. The highest BCUT2D eigenvalue weighted by Crippen LogP contribution is 2.32. The van der Waals surface area contributed by atoms with Gasteiger partial charge in [0.05, 0.1) is 5.02 Å². The lowest BCUT2D eigenvalue weighted by Crippen LogP contribution is -2.07. The molecule has 0 radical (unpaired) electrons. The van der Waals surface area contributed by atoms with Crippen LogP contribution in [0.4, 0.5) is 0 Å². The number of nitrogens with one attached hydrogen (secondary N) is 1. The minimum Gasteiger partial charge on any atom is -0.316 e. The van der Waals surface area contributed by atoms with Gasteiger partial charge < -0.3 is 5.32 Å². The van der Waals surface area contributed by atoms with Gasteiger partial charge in [0.1, 0.15) is 0 Å². The number of hydrogen-bond acceptors (Lipinski definition) is 2. The van der Waals surface area contributed by atoms with Crippen molar-refractivity contribution in [1.29, 1.82) is 0 Å². The molecule has 1 N–H and O–H groups in total. The van der Waals surface area contributed by atoms with Crippen LogP contribution in [-0.4, -0.2) is 12.8 Å². The summed E-state index contributed by atoms with van der Waals surface area (Å²) in [6.07, 6.45) is 1.22. The third-order valence-corrected chi connectivity index (χ3v) is 4.56. The molecule has 1 rings (SSSR count). The normalized spacial score (nSPS) is 12.8. The van der Waals surface area contributed by atoms with Crippen molar-refractivity contribution >= 4 is 23.4 Å². The van der Waals surface area contributed by atoms with Gasteiger partial charge in [0, 0.05) is 17.2 Å². The van der Waals surface area contributed by atoms with Crippen LogP contribution in [0.15, 0.2) is 23.1 Å². The van der Waals surface area contributed by atoms with Crippen LogP contribution >= 0.6 is 23.4 Å². The van der Waals surface area contributed by atoms with Crippen molar-refractivity contribution in [2.45, 2.75) is 31.7 Å². The Morgan fingerprint density at radius 3 is 2.81 bits per heavy atom. The van der Waals surface area contributed by atoms with Gasteiger partial charge in [-0.3, -0.25) is 0 Å². The van der Waals surface area contributed by atoms with Crippen LogP contribution in [0.25, 0.3) is 0 Å². The summed E-state index contributed by atoms with van der Waals surface area (Å²) in [6, 6.07) is 6.13. The van der Waals surface area contributed by atoms with Crippen molar-refractivity contribution in [2.24, 2.45) is 5.92 Å². The fourth-order valence-corrected chi connectivity index (χ4v) is 2.96. The Balaban J connectivity index is 2.75. The molecule has 0 aromatic heterocycles. The summed E-state index contributed by atoms with van der Waals surface area (Å²) in [4.78, 5) is 1.24. The van der Waals surface area contributed by atoms with Crippen molar-refractivity contribution < 1.29 is 0 Å². The monoisotopic (exact) mass is 257 g/mol. The lowest BCUT2D eigenvalue weighted by molar-refractivity contribution is 0.636. The first-order chi connectivity index (χ1) is 7.69. The second-order valence-corrected chi connectivity index (χ2v) is 5.52. The zero-order chi connectivity index (χ0) is 12.0. The number of hydrogen-bond donors (Lipinski definition) is 1. The average Bonchev–Trinajstić information content (AvgIpc) is 2.28. The zero-order valence-corrected chi connectivity index (χ0v) is 11.8. The Morgan fingerprint density at radius 1 is 1.44 bits per heavy atom. The number of halogens is 1. The SMILES string of the molecule is CCC(C)CSc1c(Cl)cccc1CNC. The molecule has 0 saturated heterocycles. The van der Waals surface area contributed by atoms with Gasteiger partial charge in [0.15, 0.2) is 0 Å². The molecule has 0 fully saturated rings. The lowest BCUT2D eigenvalue weighted by atomic mass is 10.2. The molecular formula is C13H20ClNS. The van der Waals surface area contributed by atoms with Crippen molar-refractivity contribution in [3.05, 3.63) is 28.8 Å². The van der Waals surface area contributed by atoms with Crippen LogP contribution in [0.3, 0.4) is 0 Å². The molecule has 16 heavy (non-hydrogen) atoms. The lowest BCUT2D eigenvalue weighted by Gasteiger charge is -2.13. The maximum atomic E-state index is 6.24.